The molecule has 4 rings (SSSR count). The van der Waals surface area contributed by atoms with Crippen molar-refractivity contribution in [2.24, 2.45) is 5.92 Å². The van der Waals surface area contributed by atoms with Crippen LogP contribution < -0.4 is 0 Å². The molecule has 1 aliphatic carbocycles. The molecule has 10 heteroatoms. The highest BCUT2D eigenvalue weighted by molar-refractivity contribution is 9.10. The Morgan fingerprint density at radius 1 is 1.30 bits per heavy atom. The lowest BCUT2D eigenvalue weighted by atomic mass is 10.1. The highest BCUT2D eigenvalue weighted by Gasteiger charge is 2.55. The molecule has 1 saturated carbocycles. The van der Waals surface area contributed by atoms with Crippen LogP contribution in [-0.4, -0.2) is 60.4 Å². The topological polar surface area (TPSA) is 95.2 Å². The van der Waals surface area contributed by atoms with Crippen molar-refractivity contribution in [2.75, 3.05) is 12.4 Å². The molecule has 2 aliphatic rings. The third-order valence-electron chi connectivity index (χ3n) is 5.09. The number of aliphatic hydroxyl groups is 1. The van der Waals surface area contributed by atoms with Crippen molar-refractivity contribution in [1.29, 1.82) is 0 Å². The zero-order valence-electron chi connectivity index (χ0n) is 15.6. The fourth-order valence-corrected chi connectivity index (χ4v) is 5.31. The van der Waals surface area contributed by atoms with Crippen LogP contribution in [0.1, 0.15) is 46.1 Å². The number of halogens is 1. The maximum absolute atomic E-state index is 9.80. The summed E-state index contributed by atoms with van der Waals surface area (Å²) < 4.78 is 14.7. The summed E-state index contributed by atoms with van der Waals surface area (Å²) in [5, 5.41) is 19.1. The molecule has 27 heavy (non-hydrogen) atoms. The van der Waals surface area contributed by atoms with Crippen molar-refractivity contribution in [2.45, 2.75) is 69.2 Å². The Kier molecular flexibility index (Phi) is 5.45. The minimum atomic E-state index is -0.672. The number of ether oxygens (including phenoxy) is 2. The van der Waals surface area contributed by atoms with Gasteiger partial charge in [0, 0.05) is 18.3 Å². The van der Waals surface area contributed by atoms with Crippen LogP contribution in [0.4, 0.5) is 0 Å². The number of aromatic nitrogens is 5. The molecule has 2 fully saturated rings. The molecule has 0 amide bonds. The van der Waals surface area contributed by atoms with E-state index in [0.29, 0.717) is 27.3 Å². The van der Waals surface area contributed by atoms with Gasteiger partial charge in [0.1, 0.15) is 10.7 Å². The van der Waals surface area contributed by atoms with Gasteiger partial charge in [-0.15, -0.1) is 5.10 Å². The van der Waals surface area contributed by atoms with E-state index in [4.69, 9.17) is 14.5 Å². The number of rotatable bonds is 6. The third kappa shape index (κ3) is 3.62. The van der Waals surface area contributed by atoms with Crippen molar-refractivity contribution in [3.63, 3.8) is 0 Å². The maximum Gasteiger partial charge on any atom is 0.190 e. The Morgan fingerprint density at radius 2 is 2.07 bits per heavy atom. The van der Waals surface area contributed by atoms with Gasteiger partial charge in [0.25, 0.3) is 0 Å². The largest absolute Gasteiger partial charge is 0.396 e. The van der Waals surface area contributed by atoms with Crippen molar-refractivity contribution in [3.8, 4) is 0 Å². The smallest absolute Gasteiger partial charge is 0.190 e. The first-order chi connectivity index (χ1) is 12.9. The molecular weight excluding hydrogens is 434 g/mol. The second-order valence-corrected chi connectivity index (χ2v) is 9.33. The van der Waals surface area contributed by atoms with Crippen LogP contribution in [0.15, 0.2) is 9.76 Å². The van der Waals surface area contributed by atoms with E-state index in [1.54, 1.807) is 11.8 Å². The first-order valence-electron chi connectivity index (χ1n) is 9.31. The number of hydrogen-bond acceptors (Lipinski definition) is 8. The van der Waals surface area contributed by atoms with Crippen molar-refractivity contribution in [3.05, 3.63) is 4.60 Å². The van der Waals surface area contributed by atoms with Crippen LogP contribution in [-0.2, 0) is 9.47 Å². The average molecular weight is 458 g/mol. The summed E-state index contributed by atoms with van der Waals surface area (Å²) in [4.78, 5) is 9.21. The van der Waals surface area contributed by atoms with Gasteiger partial charge in [-0.3, -0.25) is 0 Å². The Labute approximate surface area is 170 Å². The van der Waals surface area contributed by atoms with Gasteiger partial charge in [0.05, 0.1) is 12.1 Å². The lowest BCUT2D eigenvalue weighted by molar-refractivity contribution is -0.162. The van der Waals surface area contributed by atoms with Crippen molar-refractivity contribution >= 4 is 38.9 Å². The van der Waals surface area contributed by atoms with E-state index in [-0.39, 0.29) is 30.8 Å². The summed E-state index contributed by atoms with van der Waals surface area (Å²) in [7, 11) is 0. The van der Waals surface area contributed by atoms with Crippen LogP contribution in [0, 0.1) is 5.92 Å². The Morgan fingerprint density at radius 3 is 2.81 bits per heavy atom. The van der Waals surface area contributed by atoms with Gasteiger partial charge in [0.2, 0.25) is 0 Å². The fourth-order valence-electron chi connectivity index (χ4n) is 3.85. The molecule has 2 aromatic heterocycles. The molecule has 8 nitrogen and oxygen atoms in total. The molecule has 1 N–H and O–H groups in total. The second-order valence-electron chi connectivity index (χ2n) is 7.52. The summed E-state index contributed by atoms with van der Waals surface area (Å²) in [5.74, 6) is 0.306. The third-order valence-corrected chi connectivity index (χ3v) is 6.58. The average Bonchev–Trinajstić information content (AvgIpc) is 3.26. The van der Waals surface area contributed by atoms with Crippen molar-refractivity contribution < 1.29 is 14.6 Å². The summed E-state index contributed by atoms with van der Waals surface area (Å²) in [6, 6.07) is -0.0887. The lowest BCUT2D eigenvalue weighted by Gasteiger charge is -2.23. The Hall–Kier alpha value is -0.810. The fraction of sp³-hybridized carbons (Fsp3) is 0.765. The number of thioether (sulfide) groups is 1. The summed E-state index contributed by atoms with van der Waals surface area (Å²) >= 11 is 5.14. The van der Waals surface area contributed by atoms with Gasteiger partial charge >= 0.3 is 0 Å². The van der Waals surface area contributed by atoms with Gasteiger partial charge in [-0.2, -0.15) is 0 Å². The predicted octanol–water partition coefficient (Wildman–Crippen LogP) is 2.95. The molecular formula is C17H24BrN5O3S. The molecule has 0 spiro atoms. The Bertz CT molecular complexity index is 832. The van der Waals surface area contributed by atoms with Crippen LogP contribution >= 0.6 is 27.7 Å². The molecule has 3 heterocycles. The van der Waals surface area contributed by atoms with Gasteiger partial charge in [-0.05, 0) is 42.6 Å². The van der Waals surface area contributed by atoms with Crippen LogP contribution in [0.3, 0.4) is 0 Å². The van der Waals surface area contributed by atoms with Crippen LogP contribution in [0.5, 0.6) is 0 Å². The molecule has 1 saturated heterocycles. The lowest BCUT2D eigenvalue weighted by Crippen LogP contribution is -2.28. The summed E-state index contributed by atoms with van der Waals surface area (Å²) in [6.07, 6.45) is 2.62. The van der Waals surface area contributed by atoms with Gasteiger partial charge in [-0.1, -0.05) is 30.3 Å². The van der Waals surface area contributed by atoms with E-state index < -0.39 is 5.79 Å². The first kappa shape index (κ1) is 19.5. The Balaban J connectivity index is 1.69. The van der Waals surface area contributed by atoms with Crippen LogP contribution in [0.25, 0.3) is 11.2 Å². The monoisotopic (exact) mass is 457 g/mol. The summed E-state index contributed by atoms with van der Waals surface area (Å²) in [6.45, 7) is 6.02. The number of aliphatic hydroxyl groups excluding tert-OH is 1. The van der Waals surface area contributed by atoms with E-state index in [0.717, 1.165) is 18.6 Å². The van der Waals surface area contributed by atoms with Crippen molar-refractivity contribution in [1.82, 2.24) is 25.0 Å². The van der Waals surface area contributed by atoms with E-state index in [1.807, 2.05) is 18.5 Å². The normalized spacial score (nSPS) is 29.5. The second kappa shape index (κ2) is 7.55. The minimum Gasteiger partial charge on any atom is -0.396 e. The molecule has 4 atom stereocenters. The number of fused-ring (bicyclic) bond motifs is 2. The predicted molar refractivity (Wildman–Crippen MR) is 105 cm³/mol. The number of hydrogen-bond donors (Lipinski definition) is 1. The molecule has 0 bridgehead atoms. The summed E-state index contributed by atoms with van der Waals surface area (Å²) in [5.41, 5.74) is 1.32. The first-order valence-corrected chi connectivity index (χ1v) is 11.1. The number of nitrogens with zero attached hydrogens (tertiary/aromatic N) is 5. The van der Waals surface area contributed by atoms with Gasteiger partial charge in [-0.25, -0.2) is 14.6 Å². The minimum absolute atomic E-state index is 0.00435. The van der Waals surface area contributed by atoms with Gasteiger partial charge < -0.3 is 14.6 Å². The van der Waals surface area contributed by atoms with E-state index in [9.17, 15) is 5.11 Å². The zero-order chi connectivity index (χ0) is 19.2. The molecule has 148 valence electrons. The molecule has 4 unspecified atom stereocenters. The molecule has 0 aromatic carbocycles. The zero-order valence-corrected chi connectivity index (χ0v) is 18.0. The standard InChI is InChI=1S/C17H24BrN5O3S/c1-4-5-6-27-16-19-14(18)11-15(20-16)23(22-21-11)10-7-9(8-24)12-13(10)26-17(2,3)25-12/h9-10,12-13,24H,4-8H2,1-3H3. The maximum atomic E-state index is 9.80. The van der Waals surface area contributed by atoms with Gasteiger partial charge in [0.15, 0.2) is 22.1 Å². The molecule has 2 aromatic rings. The quantitative estimate of drug-likeness (QED) is 0.306. The highest BCUT2D eigenvalue weighted by atomic mass is 79.9. The highest BCUT2D eigenvalue weighted by Crippen LogP contribution is 2.47. The number of unbranched alkanes of at least 4 members (excludes halogenated alkanes) is 1. The van der Waals surface area contributed by atoms with E-state index in [2.05, 4.69) is 38.1 Å². The van der Waals surface area contributed by atoms with E-state index >= 15 is 0 Å². The van der Waals surface area contributed by atoms with Crippen LogP contribution in [0.2, 0.25) is 0 Å². The van der Waals surface area contributed by atoms with E-state index in [1.165, 1.54) is 0 Å². The molecule has 1 aliphatic heterocycles. The molecule has 0 radical (unpaired) electrons. The SMILES string of the molecule is CCCCSc1nc(Br)c2nnn(C3CC(CO)C4OC(C)(C)OC43)c2n1.